The van der Waals surface area contributed by atoms with Crippen LogP contribution in [0.15, 0.2) is 0 Å². The Morgan fingerprint density at radius 3 is 1.53 bits per heavy atom. The lowest BCUT2D eigenvalue weighted by Gasteiger charge is -2.38. The van der Waals surface area contributed by atoms with Crippen LogP contribution in [0.2, 0.25) is 0 Å². The first-order valence-electron chi connectivity index (χ1n) is 6.23. The smallest absolute Gasteiger partial charge is 0.368 e. The van der Waals surface area contributed by atoms with Gasteiger partial charge in [0.15, 0.2) is 0 Å². The van der Waals surface area contributed by atoms with Crippen LogP contribution in [0.4, 0.5) is 0 Å². The molecule has 0 rings (SSSR count). The van der Waals surface area contributed by atoms with E-state index in [1.54, 1.807) is 27.7 Å². The second-order valence-electron chi connectivity index (χ2n) is 3.38. The van der Waals surface area contributed by atoms with Gasteiger partial charge in [0.25, 0.3) is 0 Å². The van der Waals surface area contributed by atoms with E-state index in [1.807, 2.05) is 0 Å². The quantitative estimate of drug-likeness (QED) is 0.348. The van der Waals surface area contributed by atoms with Gasteiger partial charge in [-0.05, 0) is 27.7 Å². The normalized spacial score (nSPS) is 14.7. The van der Waals surface area contributed by atoms with Crippen LogP contribution in [0.3, 0.4) is 0 Å². The van der Waals surface area contributed by atoms with Gasteiger partial charge in [0.05, 0.1) is 0 Å². The van der Waals surface area contributed by atoms with Gasteiger partial charge in [0, 0.05) is 26.4 Å². The van der Waals surface area contributed by atoms with Crippen LogP contribution >= 0.6 is 0 Å². The summed E-state index contributed by atoms with van der Waals surface area (Å²) in [5.74, 6) is -1.76. The third-order valence-electron chi connectivity index (χ3n) is 1.91. The third-order valence-corrected chi connectivity index (χ3v) is 2.44. The van der Waals surface area contributed by atoms with Crippen molar-refractivity contribution in [2.45, 2.75) is 40.0 Å². The minimum absolute atomic E-state index is 0.171. The number of rotatable bonds is 11. The molecule has 0 saturated carbocycles. The molecule has 9 heteroatoms. The van der Waals surface area contributed by atoms with Crippen molar-refractivity contribution >= 4 is 9.05 Å². The minimum atomic E-state index is -4.82. The summed E-state index contributed by atoms with van der Waals surface area (Å²) in [6.45, 7) is 7.59. The fourth-order valence-corrected chi connectivity index (χ4v) is 1.94. The first kappa shape index (κ1) is 18.9. The highest BCUT2D eigenvalue weighted by Gasteiger charge is 2.50. The molecule has 0 amide bonds. The molecule has 8 nitrogen and oxygen atoms in total. The predicted octanol–water partition coefficient (Wildman–Crippen LogP) is -0.459. The Kier molecular flexibility index (Phi) is 8.90. The molecular weight excluding hydrogens is 276 g/mol. The molecule has 0 aromatic rings. The summed E-state index contributed by atoms with van der Waals surface area (Å²) in [6, 6.07) is 0. The van der Waals surface area contributed by atoms with E-state index in [0.29, 0.717) is 0 Å². The number of hydrogen-bond donors (Lipinski definition) is 3. The standard InChI is InChI=1S/C10H24O8Si/c1-5-14-9(18-19(11,12)13)10(15-6-2,16-7-3)17-8-4/h9,11-13H,5-8H2,1-4H3. The van der Waals surface area contributed by atoms with Gasteiger partial charge in [-0.15, -0.1) is 0 Å². The fraction of sp³-hybridized carbons (Fsp3) is 1.00. The average Bonchev–Trinajstić information content (AvgIpc) is 2.27. The molecule has 0 aliphatic heterocycles. The summed E-state index contributed by atoms with van der Waals surface area (Å²) in [7, 11) is -4.82. The fourth-order valence-electron chi connectivity index (χ4n) is 1.44. The van der Waals surface area contributed by atoms with Crippen LogP contribution in [0.5, 0.6) is 0 Å². The largest absolute Gasteiger partial charge is 0.673 e. The molecular formula is C10H24O8Si. The Morgan fingerprint density at radius 1 is 0.842 bits per heavy atom. The molecule has 0 spiro atoms. The van der Waals surface area contributed by atoms with Crippen molar-refractivity contribution in [1.82, 2.24) is 0 Å². The van der Waals surface area contributed by atoms with E-state index in [-0.39, 0.29) is 26.4 Å². The van der Waals surface area contributed by atoms with Crippen LogP contribution in [0.1, 0.15) is 27.7 Å². The Labute approximate surface area is 114 Å². The van der Waals surface area contributed by atoms with Gasteiger partial charge in [0.1, 0.15) is 0 Å². The SMILES string of the molecule is CCOC(O[Si](O)(O)O)C(OCC)(OCC)OCC. The van der Waals surface area contributed by atoms with E-state index < -0.39 is 21.3 Å². The molecule has 0 fully saturated rings. The first-order valence-corrected chi connectivity index (χ1v) is 7.98. The maximum atomic E-state index is 9.06. The Balaban J connectivity index is 5.17. The Morgan fingerprint density at radius 2 is 1.26 bits per heavy atom. The average molecular weight is 300 g/mol. The Bertz CT molecular complexity index is 215. The van der Waals surface area contributed by atoms with E-state index >= 15 is 0 Å². The highest BCUT2D eigenvalue weighted by atomic mass is 28.4. The van der Waals surface area contributed by atoms with Crippen molar-refractivity contribution in [1.29, 1.82) is 0 Å². The molecule has 1 unspecified atom stereocenters. The lowest BCUT2D eigenvalue weighted by atomic mass is 10.5. The summed E-state index contributed by atoms with van der Waals surface area (Å²) < 4.78 is 26.0. The molecule has 3 N–H and O–H groups in total. The highest BCUT2D eigenvalue weighted by molar-refractivity contribution is 6.48. The van der Waals surface area contributed by atoms with Crippen LogP contribution in [0, 0.1) is 0 Å². The van der Waals surface area contributed by atoms with E-state index in [1.165, 1.54) is 0 Å². The van der Waals surface area contributed by atoms with Crippen molar-refractivity contribution in [3.63, 3.8) is 0 Å². The number of ether oxygens (including phenoxy) is 4. The van der Waals surface area contributed by atoms with Crippen molar-refractivity contribution in [2.75, 3.05) is 26.4 Å². The molecule has 19 heavy (non-hydrogen) atoms. The van der Waals surface area contributed by atoms with Crippen LogP contribution in [0.25, 0.3) is 0 Å². The summed E-state index contributed by atoms with van der Waals surface area (Å²) >= 11 is 0. The zero-order valence-electron chi connectivity index (χ0n) is 11.8. The molecule has 1 atom stereocenters. The van der Waals surface area contributed by atoms with E-state index in [4.69, 9.17) is 37.8 Å². The van der Waals surface area contributed by atoms with Gasteiger partial charge in [-0.3, -0.25) is 0 Å². The van der Waals surface area contributed by atoms with Crippen molar-refractivity contribution in [2.24, 2.45) is 0 Å². The van der Waals surface area contributed by atoms with Gasteiger partial charge in [0.2, 0.25) is 6.29 Å². The predicted molar refractivity (Wildman–Crippen MR) is 66.5 cm³/mol. The van der Waals surface area contributed by atoms with Crippen molar-refractivity contribution in [3.8, 4) is 0 Å². The van der Waals surface area contributed by atoms with Crippen LogP contribution in [-0.4, -0.2) is 62.1 Å². The van der Waals surface area contributed by atoms with Gasteiger partial charge in [-0.25, -0.2) is 0 Å². The summed E-state index contributed by atoms with van der Waals surface area (Å²) in [5.41, 5.74) is 0. The molecule has 0 heterocycles. The molecule has 0 aromatic heterocycles. The molecule has 0 bridgehead atoms. The molecule has 0 aromatic carbocycles. The van der Waals surface area contributed by atoms with Gasteiger partial charge < -0.3 is 37.8 Å². The third kappa shape index (κ3) is 6.74. The van der Waals surface area contributed by atoms with Gasteiger partial charge >= 0.3 is 15.0 Å². The van der Waals surface area contributed by atoms with E-state index in [0.717, 1.165) is 0 Å². The maximum absolute atomic E-state index is 9.06. The second kappa shape index (κ2) is 8.95. The Hall–Kier alpha value is -0.103. The summed E-state index contributed by atoms with van der Waals surface area (Å²) in [5, 5.41) is 0. The molecule has 0 radical (unpaired) electrons. The topological polar surface area (TPSA) is 107 Å². The lowest BCUT2D eigenvalue weighted by molar-refractivity contribution is -0.447. The van der Waals surface area contributed by atoms with Crippen molar-refractivity contribution < 1.29 is 37.8 Å². The van der Waals surface area contributed by atoms with Crippen LogP contribution in [-0.2, 0) is 23.4 Å². The van der Waals surface area contributed by atoms with E-state index in [9.17, 15) is 0 Å². The first-order chi connectivity index (χ1) is 8.85. The molecule has 0 aliphatic rings. The summed E-state index contributed by atoms with van der Waals surface area (Å²) in [4.78, 5) is 27.2. The van der Waals surface area contributed by atoms with E-state index in [2.05, 4.69) is 0 Å². The molecule has 0 saturated heterocycles. The van der Waals surface area contributed by atoms with Crippen LogP contribution < -0.4 is 0 Å². The monoisotopic (exact) mass is 300 g/mol. The molecule has 0 aliphatic carbocycles. The zero-order valence-corrected chi connectivity index (χ0v) is 12.8. The zero-order chi connectivity index (χ0) is 14.9. The number of hydrogen-bond acceptors (Lipinski definition) is 8. The molecule has 116 valence electrons. The lowest BCUT2D eigenvalue weighted by Crippen LogP contribution is -2.57. The van der Waals surface area contributed by atoms with Crippen molar-refractivity contribution in [3.05, 3.63) is 0 Å². The summed E-state index contributed by atoms with van der Waals surface area (Å²) in [6.07, 6.45) is -1.43. The minimum Gasteiger partial charge on any atom is -0.368 e. The highest BCUT2D eigenvalue weighted by Crippen LogP contribution is 2.25. The van der Waals surface area contributed by atoms with Gasteiger partial charge in [-0.1, -0.05) is 0 Å². The van der Waals surface area contributed by atoms with Gasteiger partial charge in [-0.2, -0.15) is 0 Å². The maximum Gasteiger partial charge on any atom is 0.673 e. The second-order valence-corrected chi connectivity index (χ2v) is 4.76.